The molecule has 134 valence electrons. The van der Waals surface area contributed by atoms with Crippen LogP contribution in [-0.2, 0) is 15.0 Å². The molecule has 3 heterocycles. The maximum Gasteiger partial charge on any atom is 0.239 e. The van der Waals surface area contributed by atoms with E-state index in [1.807, 2.05) is 23.1 Å². The van der Waals surface area contributed by atoms with Crippen LogP contribution >= 0.6 is 0 Å². The number of carbonyl (C=O) groups excluding carboxylic acids is 2. The molecule has 0 spiro atoms. The molecule has 4 rings (SSSR count). The van der Waals surface area contributed by atoms with Crippen LogP contribution in [0.5, 0.6) is 0 Å². The molecule has 2 amide bonds. The number of amides is 2. The molecule has 0 aliphatic carbocycles. The highest BCUT2D eigenvalue weighted by Crippen LogP contribution is 2.36. The lowest BCUT2D eigenvalue weighted by Crippen LogP contribution is -2.66. The van der Waals surface area contributed by atoms with E-state index in [9.17, 15) is 9.59 Å². The molecular weight excluding hydrogens is 316 g/mol. The van der Waals surface area contributed by atoms with Crippen LogP contribution in [0.4, 0.5) is 0 Å². The van der Waals surface area contributed by atoms with Gasteiger partial charge >= 0.3 is 0 Å². The van der Waals surface area contributed by atoms with E-state index in [4.69, 9.17) is 0 Å². The Bertz CT molecular complexity index is 642. The Labute approximate surface area is 148 Å². The smallest absolute Gasteiger partial charge is 0.239 e. The first-order valence-electron chi connectivity index (χ1n) is 9.28. The Morgan fingerprint density at radius 3 is 2.56 bits per heavy atom. The summed E-state index contributed by atoms with van der Waals surface area (Å²) in [4.78, 5) is 30.0. The Balaban J connectivity index is 1.60. The first-order chi connectivity index (χ1) is 12.2. The first kappa shape index (κ1) is 16.5. The maximum atomic E-state index is 13.6. The molecule has 3 aliphatic rings. The topological polar surface area (TPSA) is 64.7 Å². The lowest BCUT2D eigenvalue weighted by molar-refractivity contribution is -0.145. The van der Waals surface area contributed by atoms with Gasteiger partial charge in [0.05, 0.1) is 5.41 Å². The fourth-order valence-corrected chi connectivity index (χ4v) is 4.50. The van der Waals surface area contributed by atoms with Gasteiger partial charge in [0.15, 0.2) is 0 Å². The van der Waals surface area contributed by atoms with Crippen molar-refractivity contribution < 1.29 is 9.59 Å². The van der Waals surface area contributed by atoms with Crippen molar-refractivity contribution >= 4 is 11.8 Å². The summed E-state index contributed by atoms with van der Waals surface area (Å²) >= 11 is 0. The van der Waals surface area contributed by atoms with Crippen LogP contribution in [0.3, 0.4) is 0 Å². The van der Waals surface area contributed by atoms with Crippen molar-refractivity contribution in [2.75, 3.05) is 45.8 Å². The number of piperidine rings is 1. The SMILES string of the molecule is O=C1NCCN2CCN(C(=O)C3(c4ccccc4)CCNCC3)CC12. The van der Waals surface area contributed by atoms with E-state index in [-0.39, 0.29) is 17.9 Å². The zero-order valence-electron chi connectivity index (χ0n) is 14.5. The van der Waals surface area contributed by atoms with Gasteiger partial charge in [0.25, 0.3) is 0 Å². The fourth-order valence-electron chi connectivity index (χ4n) is 4.50. The largest absolute Gasteiger partial charge is 0.353 e. The number of nitrogens with zero attached hydrogens (tertiary/aromatic N) is 2. The van der Waals surface area contributed by atoms with Crippen molar-refractivity contribution in [3.63, 3.8) is 0 Å². The van der Waals surface area contributed by atoms with E-state index >= 15 is 0 Å². The second-order valence-corrected chi connectivity index (χ2v) is 7.29. The average Bonchev–Trinajstić information content (AvgIpc) is 2.69. The lowest BCUT2D eigenvalue weighted by Gasteiger charge is -2.47. The molecule has 1 atom stereocenters. The Kier molecular flexibility index (Phi) is 4.48. The highest BCUT2D eigenvalue weighted by molar-refractivity contribution is 5.90. The summed E-state index contributed by atoms with van der Waals surface area (Å²) in [7, 11) is 0. The quantitative estimate of drug-likeness (QED) is 0.791. The number of piperazine rings is 2. The van der Waals surface area contributed by atoms with Crippen LogP contribution < -0.4 is 10.6 Å². The number of benzene rings is 1. The summed E-state index contributed by atoms with van der Waals surface area (Å²) in [5.74, 6) is 0.251. The number of hydrogen-bond donors (Lipinski definition) is 2. The van der Waals surface area contributed by atoms with E-state index in [1.54, 1.807) is 0 Å². The molecule has 1 aromatic carbocycles. The van der Waals surface area contributed by atoms with Gasteiger partial charge in [-0.3, -0.25) is 14.5 Å². The third kappa shape index (κ3) is 2.93. The van der Waals surface area contributed by atoms with Gasteiger partial charge in [-0.15, -0.1) is 0 Å². The Hall–Kier alpha value is -1.92. The number of nitrogens with one attached hydrogen (secondary N) is 2. The average molecular weight is 342 g/mol. The highest BCUT2D eigenvalue weighted by Gasteiger charge is 2.46. The highest BCUT2D eigenvalue weighted by atomic mass is 16.2. The zero-order chi connectivity index (χ0) is 17.3. The second kappa shape index (κ2) is 6.77. The van der Waals surface area contributed by atoms with Crippen molar-refractivity contribution in [2.24, 2.45) is 0 Å². The Morgan fingerprint density at radius 1 is 1.04 bits per heavy atom. The predicted octanol–water partition coefficient (Wildman–Crippen LogP) is -0.0496. The molecule has 6 heteroatoms. The monoisotopic (exact) mass is 342 g/mol. The minimum Gasteiger partial charge on any atom is -0.353 e. The molecule has 6 nitrogen and oxygen atoms in total. The van der Waals surface area contributed by atoms with Crippen molar-refractivity contribution in [1.29, 1.82) is 0 Å². The molecule has 0 aromatic heterocycles. The number of rotatable bonds is 2. The van der Waals surface area contributed by atoms with E-state index in [0.717, 1.165) is 44.6 Å². The second-order valence-electron chi connectivity index (χ2n) is 7.29. The summed E-state index contributed by atoms with van der Waals surface area (Å²) in [5, 5.41) is 6.31. The van der Waals surface area contributed by atoms with Crippen LogP contribution in [0, 0.1) is 0 Å². The van der Waals surface area contributed by atoms with Gasteiger partial charge in [-0.05, 0) is 31.5 Å². The summed E-state index contributed by atoms with van der Waals surface area (Å²) in [6.45, 7) is 5.30. The van der Waals surface area contributed by atoms with Crippen LogP contribution in [0.25, 0.3) is 0 Å². The number of fused-ring (bicyclic) bond motifs is 1. The van der Waals surface area contributed by atoms with E-state index < -0.39 is 5.41 Å². The van der Waals surface area contributed by atoms with Gasteiger partial charge in [0, 0.05) is 32.7 Å². The van der Waals surface area contributed by atoms with Crippen LogP contribution in [0.1, 0.15) is 18.4 Å². The molecule has 3 fully saturated rings. The zero-order valence-corrected chi connectivity index (χ0v) is 14.5. The van der Waals surface area contributed by atoms with Crippen molar-refractivity contribution in [1.82, 2.24) is 20.4 Å². The molecular formula is C19H26N4O2. The lowest BCUT2D eigenvalue weighted by atomic mass is 9.72. The number of carbonyl (C=O) groups is 2. The van der Waals surface area contributed by atoms with Crippen LogP contribution in [0.2, 0.25) is 0 Å². The van der Waals surface area contributed by atoms with Gasteiger partial charge in [-0.1, -0.05) is 30.3 Å². The minimum absolute atomic E-state index is 0.0582. The molecule has 2 N–H and O–H groups in total. The predicted molar refractivity (Wildman–Crippen MR) is 95.2 cm³/mol. The maximum absolute atomic E-state index is 13.6. The minimum atomic E-state index is -0.459. The molecule has 0 bridgehead atoms. The van der Waals surface area contributed by atoms with Gasteiger partial charge in [0.2, 0.25) is 11.8 Å². The summed E-state index contributed by atoms with van der Waals surface area (Å²) < 4.78 is 0. The third-order valence-electron chi connectivity index (χ3n) is 5.97. The molecule has 25 heavy (non-hydrogen) atoms. The van der Waals surface area contributed by atoms with E-state index in [0.29, 0.717) is 19.6 Å². The fraction of sp³-hybridized carbons (Fsp3) is 0.579. The Morgan fingerprint density at radius 2 is 1.80 bits per heavy atom. The normalized spacial score (nSPS) is 26.6. The van der Waals surface area contributed by atoms with Gasteiger partial charge < -0.3 is 15.5 Å². The van der Waals surface area contributed by atoms with Crippen molar-refractivity contribution in [2.45, 2.75) is 24.3 Å². The van der Waals surface area contributed by atoms with Crippen LogP contribution in [0.15, 0.2) is 30.3 Å². The van der Waals surface area contributed by atoms with Gasteiger partial charge in [-0.25, -0.2) is 0 Å². The summed E-state index contributed by atoms with van der Waals surface area (Å²) in [5.41, 5.74) is 0.650. The molecule has 3 saturated heterocycles. The molecule has 1 aromatic rings. The van der Waals surface area contributed by atoms with E-state index in [2.05, 4.69) is 27.7 Å². The van der Waals surface area contributed by atoms with Gasteiger partial charge in [0.1, 0.15) is 6.04 Å². The molecule has 3 aliphatic heterocycles. The van der Waals surface area contributed by atoms with Crippen molar-refractivity contribution in [3.05, 3.63) is 35.9 Å². The standard InChI is InChI=1S/C19H26N4O2/c24-17-16-14-23(13-12-22(16)11-10-21-17)18(25)19(6-8-20-9-7-19)15-4-2-1-3-5-15/h1-5,16,20H,6-14H2,(H,21,24). The van der Waals surface area contributed by atoms with E-state index in [1.165, 1.54) is 0 Å². The summed E-state index contributed by atoms with van der Waals surface area (Å²) in [6.07, 6.45) is 1.62. The molecule has 0 radical (unpaired) electrons. The third-order valence-corrected chi connectivity index (χ3v) is 5.97. The van der Waals surface area contributed by atoms with Crippen molar-refractivity contribution in [3.8, 4) is 0 Å². The first-order valence-corrected chi connectivity index (χ1v) is 9.28. The molecule has 0 saturated carbocycles. The van der Waals surface area contributed by atoms with Crippen LogP contribution in [-0.4, -0.2) is 73.5 Å². The summed E-state index contributed by atoms with van der Waals surface area (Å²) in [6, 6.07) is 9.98. The molecule has 1 unspecified atom stereocenters. The number of hydrogen-bond acceptors (Lipinski definition) is 4. The van der Waals surface area contributed by atoms with Gasteiger partial charge in [-0.2, -0.15) is 0 Å².